The molecule has 1 aliphatic heterocycles. The predicted molar refractivity (Wildman–Crippen MR) is 128 cm³/mol. The van der Waals surface area contributed by atoms with Crippen LogP contribution in [-0.4, -0.2) is 41.0 Å². The van der Waals surface area contributed by atoms with Crippen molar-refractivity contribution in [3.05, 3.63) is 89.0 Å². The van der Waals surface area contributed by atoms with Crippen molar-refractivity contribution in [2.45, 2.75) is 31.8 Å². The maximum absolute atomic E-state index is 14.6. The van der Waals surface area contributed by atoms with Crippen LogP contribution in [0.3, 0.4) is 0 Å². The Labute approximate surface area is 211 Å². The van der Waals surface area contributed by atoms with Crippen LogP contribution in [0.15, 0.2) is 60.7 Å². The first-order valence-corrected chi connectivity index (χ1v) is 11.4. The molecule has 0 aromatic heterocycles. The minimum Gasteiger partial charge on any atom is -0.490 e. The molecule has 0 amide bonds. The summed E-state index contributed by atoms with van der Waals surface area (Å²) in [6, 6.07) is 16.1. The van der Waals surface area contributed by atoms with Crippen molar-refractivity contribution < 1.29 is 42.8 Å². The van der Waals surface area contributed by atoms with Crippen LogP contribution < -0.4 is 4.74 Å². The van der Waals surface area contributed by atoms with E-state index < -0.39 is 42.1 Å². The summed E-state index contributed by atoms with van der Waals surface area (Å²) in [5, 5.41) is 18.3. The smallest absolute Gasteiger partial charge is 0.336 e. The van der Waals surface area contributed by atoms with Gasteiger partial charge in [0.15, 0.2) is 30.1 Å². The standard InChI is InChI=1S/C28H22F2O7/c1-2-15-35-21-14-13-20(22(29)23(21)30)18-9-5-16(6-10-18)3-4-17-7-11-19(12-8-17)28-36-24(26(31)32)25(37-28)27(33)34/h5-14,24-25,28H,2,15H2,1H3,(H,31,32)(H,33,34)/t24-,25-/m1/s1. The summed E-state index contributed by atoms with van der Waals surface area (Å²) in [7, 11) is 0. The number of hydrogen-bond acceptors (Lipinski definition) is 5. The van der Waals surface area contributed by atoms with E-state index in [-0.39, 0.29) is 11.3 Å². The van der Waals surface area contributed by atoms with Gasteiger partial charge in [0.05, 0.1) is 6.61 Å². The molecular formula is C28H22F2O7. The average molecular weight is 508 g/mol. The Morgan fingerprint density at radius 2 is 1.38 bits per heavy atom. The predicted octanol–water partition coefficient (Wildman–Crippen LogP) is 4.77. The molecule has 7 nitrogen and oxygen atoms in total. The molecule has 190 valence electrons. The number of benzene rings is 3. The monoisotopic (exact) mass is 508 g/mol. The number of carboxylic acid groups (broad SMARTS) is 2. The topological polar surface area (TPSA) is 102 Å². The number of halogens is 2. The van der Waals surface area contributed by atoms with Gasteiger partial charge in [-0.05, 0) is 48.4 Å². The lowest BCUT2D eigenvalue weighted by Crippen LogP contribution is -2.36. The van der Waals surface area contributed by atoms with Gasteiger partial charge in [-0.1, -0.05) is 43.0 Å². The van der Waals surface area contributed by atoms with Gasteiger partial charge in [-0.25, -0.2) is 14.0 Å². The lowest BCUT2D eigenvalue weighted by molar-refractivity contribution is -0.156. The van der Waals surface area contributed by atoms with Crippen LogP contribution in [-0.2, 0) is 19.1 Å². The molecule has 1 saturated heterocycles. The third-order valence-electron chi connectivity index (χ3n) is 5.54. The fraction of sp³-hybridized carbons (Fsp3) is 0.214. The van der Waals surface area contributed by atoms with Crippen molar-refractivity contribution >= 4 is 11.9 Å². The number of carboxylic acids is 2. The molecule has 0 unspecified atom stereocenters. The van der Waals surface area contributed by atoms with E-state index in [1.165, 1.54) is 12.1 Å². The Hall–Kier alpha value is -4.26. The first-order chi connectivity index (χ1) is 17.8. The zero-order chi connectivity index (χ0) is 26.5. The zero-order valence-corrected chi connectivity index (χ0v) is 19.6. The third-order valence-corrected chi connectivity index (χ3v) is 5.54. The van der Waals surface area contributed by atoms with Crippen molar-refractivity contribution in [2.75, 3.05) is 6.61 Å². The maximum Gasteiger partial charge on any atom is 0.336 e. The lowest BCUT2D eigenvalue weighted by atomic mass is 10.0. The Morgan fingerprint density at radius 3 is 1.89 bits per heavy atom. The molecule has 0 radical (unpaired) electrons. The van der Waals surface area contributed by atoms with Crippen molar-refractivity contribution in [3.8, 4) is 28.7 Å². The summed E-state index contributed by atoms with van der Waals surface area (Å²) in [4.78, 5) is 22.4. The lowest BCUT2D eigenvalue weighted by Gasteiger charge is -2.10. The van der Waals surface area contributed by atoms with Crippen molar-refractivity contribution in [2.24, 2.45) is 0 Å². The van der Waals surface area contributed by atoms with Crippen LogP contribution in [0.5, 0.6) is 5.75 Å². The molecule has 1 aliphatic rings. The van der Waals surface area contributed by atoms with Gasteiger partial charge in [0.1, 0.15) is 0 Å². The minimum atomic E-state index is -1.61. The van der Waals surface area contributed by atoms with Gasteiger partial charge in [-0.2, -0.15) is 4.39 Å². The SMILES string of the molecule is CCCOc1ccc(-c2ccc(C#Cc3ccc(C4O[C@@H](C(=O)O)[C@H](C(=O)O)O4)cc3)cc2)c(F)c1F. The minimum absolute atomic E-state index is 0.114. The summed E-state index contributed by atoms with van der Waals surface area (Å²) in [5.74, 6) is 0.977. The highest BCUT2D eigenvalue weighted by atomic mass is 19.2. The molecule has 2 atom stereocenters. The molecule has 1 heterocycles. The van der Waals surface area contributed by atoms with Crippen LogP contribution in [0.1, 0.15) is 36.3 Å². The van der Waals surface area contributed by atoms with Gasteiger partial charge in [-0.15, -0.1) is 0 Å². The second-order valence-corrected chi connectivity index (χ2v) is 8.16. The van der Waals surface area contributed by atoms with Gasteiger partial charge in [-0.3, -0.25) is 0 Å². The van der Waals surface area contributed by atoms with Crippen LogP contribution >= 0.6 is 0 Å². The fourth-order valence-corrected chi connectivity index (χ4v) is 3.65. The molecule has 3 aromatic carbocycles. The second kappa shape index (κ2) is 11.2. The molecule has 0 saturated carbocycles. The largest absolute Gasteiger partial charge is 0.490 e. The summed E-state index contributed by atoms with van der Waals surface area (Å²) < 4.78 is 44.6. The van der Waals surface area contributed by atoms with E-state index in [1.54, 1.807) is 48.5 Å². The highest BCUT2D eigenvalue weighted by Crippen LogP contribution is 2.32. The van der Waals surface area contributed by atoms with Crippen LogP contribution in [0.2, 0.25) is 0 Å². The number of rotatable bonds is 7. The Bertz CT molecular complexity index is 1340. The maximum atomic E-state index is 14.6. The molecule has 0 aliphatic carbocycles. The van der Waals surface area contributed by atoms with E-state index in [4.69, 9.17) is 24.4 Å². The molecule has 4 rings (SSSR count). The summed E-state index contributed by atoms with van der Waals surface area (Å²) in [6.07, 6.45) is -3.67. The van der Waals surface area contributed by atoms with Crippen LogP contribution in [0, 0.1) is 23.5 Å². The van der Waals surface area contributed by atoms with Crippen LogP contribution in [0.4, 0.5) is 8.78 Å². The highest BCUT2D eigenvalue weighted by Gasteiger charge is 2.46. The van der Waals surface area contributed by atoms with Crippen molar-refractivity contribution in [1.82, 2.24) is 0 Å². The molecule has 37 heavy (non-hydrogen) atoms. The number of aliphatic carboxylic acids is 2. The van der Waals surface area contributed by atoms with Gasteiger partial charge in [0.2, 0.25) is 5.82 Å². The second-order valence-electron chi connectivity index (χ2n) is 8.16. The average Bonchev–Trinajstić information content (AvgIpc) is 3.36. The van der Waals surface area contributed by atoms with E-state index in [2.05, 4.69) is 11.8 Å². The molecule has 3 aromatic rings. The van der Waals surface area contributed by atoms with E-state index in [0.29, 0.717) is 35.3 Å². The van der Waals surface area contributed by atoms with Gasteiger partial charge < -0.3 is 24.4 Å². The van der Waals surface area contributed by atoms with E-state index in [1.807, 2.05) is 6.92 Å². The molecule has 9 heteroatoms. The van der Waals surface area contributed by atoms with E-state index in [0.717, 1.165) is 0 Å². The van der Waals surface area contributed by atoms with E-state index in [9.17, 15) is 18.4 Å². The first-order valence-electron chi connectivity index (χ1n) is 11.4. The van der Waals surface area contributed by atoms with Crippen molar-refractivity contribution in [3.63, 3.8) is 0 Å². The highest BCUT2D eigenvalue weighted by molar-refractivity contribution is 5.84. The molecular weight excluding hydrogens is 486 g/mol. The number of hydrogen-bond donors (Lipinski definition) is 2. The summed E-state index contributed by atoms with van der Waals surface area (Å²) in [6.45, 7) is 2.17. The normalized spacial score (nSPS) is 17.2. The molecule has 2 N–H and O–H groups in total. The fourth-order valence-electron chi connectivity index (χ4n) is 3.65. The Kier molecular flexibility index (Phi) is 7.82. The van der Waals surface area contributed by atoms with Gasteiger partial charge >= 0.3 is 11.9 Å². The Morgan fingerprint density at radius 1 is 0.838 bits per heavy atom. The number of ether oxygens (including phenoxy) is 3. The van der Waals surface area contributed by atoms with Gasteiger partial charge in [0, 0.05) is 22.3 Å². The first kappa shape index (κ1) is 25.8. The molecule has 0 spiro atoms. The van der Waals surface area contributed by atoms with Crippen LogP contribution in [0.25, 0.3) is 11.1 Å². The van der Waals surface area contributed by atoms with Gasteiger partial charge in [0.25, 0.3) is 0 Å². The number of carbonyl (C=O) groups is 2. The molecule has 0 bridgehead atoms. The van der Waals surface area contributed by atoms with E-state index >= 15 is 0 Å². The zero-order valence-electron chi connectivity index (χ0n) is 19.6. The summed E-state index contributed by atoms with van der Waals surface area (Å²) in [5.41, 5.74) is 2.33. The molecule has 1 fully saturated rings. The Balaban J connectivity index is 1.45. The summed E-state index contributed by atoms with van der Waals surface area (Å²) >= 11 is 0. The van der Waals surface area contributed by atoms with Crippen molar-refractivity contribution in [1.29, 1.82) is 0 Å². The quantitative estimate of drug-likeness (QED) is 0.443. The third kappa shape index (κ3) is 5.77.